The van der Waals surface area contributed by atoms with Gasteiger partial charge in [-0.2, -0.15) is 0 Å². The number of aromatic carboxylic acids is 1. The maximum Gasteiger partial charge on any atom is 0.339 e. The minimum atomic E-state index is -0.933. The quantitative estimate of drug-likeness (QED) is 0.848. The molecule has 0 unspecified atom stereocenters. The highest BCUT2D eigenvalue weighted by Crippen LogP contribution is 2.34. The first-order valence-electron chi connectivity index (χ1n) is 5.63. The number of carbonyl (C=O) groups is 1. The fraction of sp³-hybridized carbons (Fsp3) is 0.462. The van der Waals surface area contributed by atoms with Crippen molar-refractivity contribution in [3.63, 3.8) is 0 Å². The molecule has 1 aliphatic carbocycles. The number of carboxylic acid groups (broad SMARTS) is 1. The van der Waals surface area contributed by atoms with Crippen LogP contribution in [0.4, 0.5) is 0 Å². The lowest BCUT2D eigenvalue weighted by atomic mass is 9.75. The Morgan fingerprint density at radius 3 is 2.75 bits per heavy atom. The molecule has 0 aliphatic heterocycles. The summed E-state index contributed by atoms with van der Waals surface area (Å²) in [5.74, 6) is 0.838. The van der Waals surface area contributed by atoms with Crippen LogP contribution in [-0.2, 0) is 0 Å². The lowest BCUT2D eigenvalue weighted by Gasteiger charge is -2.33. The van der Waals surface area contributed by atoms with Crippen LogP contribution in [0.5, 0.6) is 5.75 Å². The Bertz CT molecular complexity index is 387. The van der Waals surface area contributed by atoms with Crippen molar-refractivity contribution in [2.75, 3.05) is 6.61 Å². The highest BCUT2D eigenvalue weighted by atomic mass is 16.5. The highest BCUT2D eigenvalue weighted by Gasteiger charge is 2.27. The Morgan fingerprint density at radius 2 is 2.19 bits per heavy atom. The molecule has 86 valence electrons. The molecule has 0 heterocycles. The normalized spacial score (nSPS) is 23.6. The smallest absolute Gasteiger partial charge is 0.339 e. The van der Waals surface area contributed by atoms with Gasteiger partial charge in [0.05, 0.1) is 6.61 Å². The molecule has 0 saturated heterocycles. The lowest BCUT2D eigenvalue weighted by molar-refractivity contribution is 0.0685. The summed E-state index contributed by atoms with van der Waals surface area (Å²) in [6, 6.07) is 6.79. The molecule has 1 aliphatic rings. The second-order valence-corrected chi connectivity index (χ2v) is 4.43. The van der Waals surface area contributed by atoms with E-state index in [0.717, 1.165) is 0 Å². The van der Waals surface area contributed by atoms with Gasteiger partial charge in [-0.25, -0.2) is 4.79 Å². The van der Waals surface area contributed by atoms with Gasteiger partial charge in [-0.05, 0) is 36.8 Å². The SMILES string of the molecule is C[C@@H]1CC[C@@H]1COc1ccccc1C(=O)O. The third-order valence-electron chi connectivity index (χ3n) is 3.37. The van der Waals surface area contributed by atoms with Gasteiger partial charge < -0.3 is 9.84 Å². The minimum absolute atomic E-state index is 0.245. The fourth-order valence-corrected chi connectivity index (χ4v) is 1.95. The van der Waals surface area contributed by atoms with Crippen LogP contribution in [0.1, 0.15) is 30.1 Å². The Balaban J connectivity index is 2.00. The van der Waals surface area contributed by atoms with Crippen molar-refractivity contribution in [3.05, 3.63) is 29.8 Å². The lowest BCUT2D eigenvalue weighted by Crippen LogP contribution is -2.28. The summed E-state index contributed by atoms with van der Waals surface area (Å²) in [5.41, 5.74) is 0.245. The zero-order chi connectivity index (χ0) is 11.5. The molecule has 0 spiro atoms. The van der Waals surface area contributed by atoms with Gasteiger partial charge in [-0.3, -0.25) is 0 Å². The van der Waals surface area contributed by atoms with E-state index in [1.165, 1.54) is 12.8 Å². The Hall–Kier alpha value is -1.51. The average Bonchev–Trinajstić information content (AvgIpc) is 2.27. The zero-order valence-electron chi connectivity index (χ0n) is 9.35. The molecule has 1 aromatic rings. The van der Waals surface area contributed by atoms with Crippen LogP contribution in [0.3, 0.4) is 0 Å². The number of hydrogen-bond acceptors (Lipinski definition) is 2. The summed E-state index contributed by atoms with van der Waals surface area (Å²) in [7, 11) is 0. The largest absolute Gasteiger partial charge is 0.492 e. The first-order chi connectivity index (χ1) is 7.68. The van der Waals surface area contributed by atoms with Crippen molar-refractivity contribution < 1.29 is 14.6 Å². The molecule has 1 aromatic carbocycles. The van der Waals surface area contributed by atoms with Gasteiger partial charge in [0, 0.05) is 0 Å². The van der Waals surface area contributed by atoms with Gasteiger partial charge in [0.25, 0.3) is 0 Å². The number of carboxylic acids is 1. The second kappa shape index (κ2) is 4.56. The van der Waals surface area contributed by atoms with E-state index in [0.29, 0.717) is 24.2 Å². The maximum absolute atomic E-state index is 10.9. The molecule has 0 amide bonds. The number of ether oxygens (including phenoxy) is 1. The molecule has 16 heavy (non-hydrogen) atoms. The van der Waals surface area contributed by atoms with E-state index in [4.69, 9.17) is 9.84 Å². The van der Waals surface area contributed by atoms with Crippen LogP contribution in [0.15, 0.2) is 24.3 Å². The number of rotatable bonds is 4. The fourth-order valence-electron chi connectivity index (χ4n) is 1.95. The summed E-state index contributed by atoms with van der Waals surface area (Å²) >= 11 is 0. The predicted molar refractivity (Wildman–Crippen MR) is 60.8 cm³/mol. The number of hydrogen-bond donors (Lipinski definition) is 1. The van der Waals surface area contributed by atoms with E-state index >= 15 is 0 Å². The van der Waals surface area contributed by atoms with E-state index in [1.807, 2.05) is 0 Å². The number of para-hydroxylation sites is 1. The summed E-state index contributed by atoms with van der Waals surface area (Å²) in [6.45, 7) is 2.84. The molecule has 3 heteroatoms. The van der Waals surface area contributed by atoms with Gasteiger partial charge in [-0.15, -0.1) is 0 Å². The van der Waals surface area contributed by atoms with Gasteiger partial charge in [0.15, 0.2) is 0 Å². The molecule has 2 atom stereocenters. The second-order valence-electron chi connectivity index (χ2n) is 4.43. The Kier molecular flexibility index (Phi) is 3.13. The molecular formula is C13H16O3. The zero-order valence-corrected chi connectivity index (χ0v) is 9.35. The van der Waals surface area contributed by atoms with Crippen molar-refractivity contribution >= 4 is 5.97 Å². The third-order valence-corrected chi connectivity index (χ3v) is 3.37. The first kappa shape index (κ1) is 11.0. The Morgan fingerprint density at radius 1 is 1.44 bits per heavy atom. The molecule has 1 fully saturated rings. The van der Waals surface area contributed by atoms with E-state index in [2.05, 4.69) is 6.92 Å². The van der Waals surface area contributed by atoms with Crippen LogP contribution in [0, 0.1) is 11.8 Å². The van der Waals surface area contributed by atoms with Gasteiger partial charge in [0.2, 0.25) is 0 Å². The molecule has 2 rings (SSSR count). The molecule has 0 radical (unpaired) electrons. The van der Waals surface area contributed by atoms with Crippen LogP contribution < -0.4 is 4.74 Å². The van der Waals surface area contributed by atoms with Crippen LogP contribution in [0.2, 0.25) is 0 Å². The molecular weight excluding hydrogens is 204 g/mol. The predicted octanol–water partition coefficient (Wildman–Crippen LogP) is 2.81. The highest BCUT2D eigenvalue weighted by molar-refractivity contribution is 5.90. The maximum atomic E-state index is 10.9. The summed E-state index contributed by atoms with van der Waals surface area (Å²) in [6.07, 6.45) is 2.45. The monoisotopic (exact) mass is 220 g/mol. The summed E-state index contributed by atoms with van der Waals surface area (Å²) in [5, 5.41) is 8.97. The first-order valence-corrected chi connectivity index (χ1v) is 5.63. The van der Waals surface area contributed by atoms with Crippen molar-refractivity contribution in [1.82, 2.24) is 0 Å². The number of benzene rings is 1. The molecule has 1 N–H and O–H groups in total. The van der Waals surface area contributed by atoms with Gasteiger partial charge in [-0.1, -0.05) is 19.1 Å². The average molecular weight is 220 g/mol. The van der Waals surface area contributed by atoms with Crippen LogP contribution in [-0.4, -0.2) is 17.7 Å². The van der Waals surface area contributed by atoms with Crippen molar-refractivity contribution in [2.45, 2.75) is 19.8 Å². The Labute approximate surface area is 95.0 Å². The van der Waals surface area contributed by atoms with E-state index in [-0.39, 0.29) is 5.56 Å². The molecule has 1 saturated carbocycles. The van der Waals surface area contributed by atoms with E-state index in [9.17, 15) is 4.79 Å². The van der Waals surface area contributed by atoms with Crippen molar-refractivity contribution in [2.24, 2.45) is 11.8 Å². The van der Waals surface area contributed by atoms with E-state index in [1.54, 1.807) is 24.3 Å². The topological polar surface area (TPSA) is 46.5 Å². The standard InChI is InChI=1S/C13H16O3/c1-9-6-7-10(9)8-16-12-5-3-2-4-11(12)13(14)15/h2-5,9-10H,6-8H2,1H3,(H,14,15)/t9-,10-/m1/s1. The van der Waals surface area contributed by atoms with Gasteiger partial charge >= 0.3 is 5.97 Å². The molecule has 0 aromatic heterocycles. The van der Waals surface area contributed by atoms with Gasteiger partial charge in [0.1, 0.15) is 11.3 Å². The molecule has 3 nitrogen and oxygen atoms in total. The summed E-state index contributed by atoms with van der Waals surface area (Å²) < 4.78 is 5.59. The molecule has 0 bridgehead atoms. The van der Waals surface area contributed by atoms with E-state index < -0.39 is 5.97 Å². The minimum Gasteiger partial charge on any atom is -0.492 e. The van der Waals surface area contributed by atoms with Crippen molar-refractivity contribution in [1.29, 1.82) is 0 Å². The summed E-state index contributed by atoms with van der Waals surface area (Å²) in [4.78, 5) is 10.9. The van der Waals surface area contributed by atoms with Crippen molar-refractivity contribution in [3.8, 4) is 5.75 Å². The third kappa shape index (κ3) is 2.18. The van der Waals surface area contributed by atoms with Crippen LogP contribution in [0.25, 0.3) is 0 Å². The van der Waals surface area contributed by atoms with Crippen LogP contribution >= 0.6 is 0 Å².